The summed E-state index contributed by atoms with van der Waals surface area (Å²) in [5.74, 6) is 1.73. The third-order valence-corrected chi connectivity index (χ3v) is 5.14. The Morgan fingerprint density at radius 2 is 2.11 bits per heavy atom. The molecule has 0 bridgehead atoms. The van der Waals surface area contributed by atoms with Gasteiger partial charge in [0.15, 0.2) is 5.82 Å². The second-order valence-corrected chi connectivity index (χ2v) is 7.36. The molecule has 1 N–H and O–H groups in total. The van der Waals surface area contributed by atoms with E-state index in [1.807, 2.05) is 25.1 Å². The number of aromatic nitrogens is 5. The van der Waals surface area contributed by atoms with E-state index in [1.54, 1.807) is 6.20 Å². The highest BCUT2D eigenvalue weighted by Gasteiger charge is 2.20. The number of nitrogens with zero attached hydrogens (tertiary/aromatic N) is 6. The van der Waals surface area contributed by atoms with Crippen molar-refractivity contribution >= 4 is 5.82 Å². The zero-order valence-electron chi connectivity index (χ0n) is 16.8. The molecule has 4 rings (SSSR count). The minimum absolute atomic E-state index is 0.698. The summed E-state index contributed by atoms with van der Waals surface area (Å²) in [6, 6.07) is 7.97. The highest BCUT2D eigenvalue weighted by Crippen LogP contribution is 2.26. The Balaban J connectivity index is 1.55. The Hall–Kier alpha value is -2.80. The predicted molar refractivity (Wildman–Crippen MR) is 110 cm³/mol. The van der Waals surface area contributed by atoms with E-state index in [9.17, 15) is 0 Å². The van der Waals surface area contributed by atoms with Crippen LogP contribution in [-0.2, 0) is 19.5 Å². The van der Waals surface area contributed by atoms with E-state index in [0.717, 1.165) is 61.9 Å². The molecule has 0 atom stereocenters. The molecule has 1 aliphatic heterocycles. The lowest BCUT2D eigenvalue weighted by Crippen LogP contribution is -2.30. The first-order valence-corrected chi connectivity index (χ1v) is 9.86. The van der Waals surface area contributed by atoms with Crippen LogP contribution in [0.3, 0.4) is 0 Å². The standard InChI is InChI=1S/C21H27N7/c1-15-13-16(2)28(26-15)12-6-11-27(3)21-17-8-10-22-14-19(17)24-20(25-21)18-7-4-5-9-23-18/h4-5,7,9,13,22H,6,8,10-12,14H2,1-3H3. The van der Waals surface area contributed by atoms with Gasteiger partial charge in [-0.05, 0) is 51.4 Å². The number of hydrogen-bond acceptors (Lipinski definition) is 6. The normalized spacial score (nSPS) is 13.4. The van der Waals surface area contributed by atoms with Gasteiger partial charge in [-0.1, -0.05) is 6.07 Å². The quantitative estimate of drug-likeness (QED) is 0.712. The lowest BCUT2D eigenvalue weighted by atomic mass is 10.1. The molecule has 0 spiro atoms. The van der Waals surface area contributed by atoms with Crippen LogP contribution in [0.5, 0.6) is 0 Å². The summed E-state index contributed by atoms with van der Waals surface area (Å²) in [6.45, 7) is 7.71. The second kappa shape index (κ2) is 8.06. The Labute approximate surface area is 165 Å². The van der Waals surface area contributed by atoms with Gasteiger partial charge in [0.1, 0.15) is 11.5 Å². The minimum Gasteiger partial charge on any atom is -0.359 e. The Morgan fingerprint density at radius 1 is 1.21 bits per heavy atom. The van der Waals surface area contributed by atoms with E-state index in [0.29, 0.717) is 5.82 Å². The molecule has 7 heteroatoms. The number of hydrogen-bond donors (Lipinski definition) is 1. The van der Waals surface area contributed by atoms with Gasteiger partial charge in [0.2, 0.25) is 0 Å². The van der Waals surface area contributed by atoms with E-state index in [1.165, 1.54) is 11.3 Å². The highest BCUT2D eigenvalue weighted by atomic mass is 15.3. The van der Waals surface area contributed by atoms with Crippen molar-refractivity contribution in [3.8, 4) is 11.5 Å². The Morgan fingerprint density at radius 3 is 2.86 bits per heavy atom. The molecular formula is C21H27N7. The van der Waals surface area contributed by atoms with Gasteiger partial charge in [-0.2, -0.15) is 5.10 Å². The topological polar surface area (TPSA) is 71.8 Å². The second-order valence-electron chi connectivity index (χ2n) is 7.36. The van der Waals surface area contributed by atoms with Gasteiger partial charge in [0.25, 0.3) is 0 Å². The fourth-order valence-electron chi connectivity index (χ4n) is 3.73. The zero-order valence-corrected chi connectivity index (χ0v) is 16.8. The number of pyridine rings is 1. The van der Waals surface area contributed by atoms with Gasteiger partial charge in [-0.25, -0.2) is 9.97 Å². The largest absolute Gasteiger partial charge is 0.359 e. The van der Waals surface area contributed by atoms with Gasteiger partial charge in [-0.3, -0.25) is 9.67 Å². The van der Waals surface area contributed by atoms with E-state index in [2.05, 4.69) is 45.0 Å². The number of nitrogens with one attached hydrogen (secondary N) is 1. The first kappa shape index (κ1) is 18.6. The molecule has 7 nitrogen and oxygen atoms in total. The van der Waals surface area contributed by atoms with Crippen LogP contribution >= 0.6 is 0 Å². The highest BCUT2D eigenvalue weighted by molar-refractivity contribution is 5.58. The Bertz CT molecular complexity index is 949. The zero-order chi connectivity index (χ0) is 19.5. The molecule has 0 saturated heterocycles. The summed E-state index contributed by atoms with van der Waals surface area (Å²) in [5, 5.41) is 7.98. The fraction of sp³-hybridized carbons (Fsp3) is 0.429. The average Bonchev–Trinajstić information content (AvgIpc) is 3.04. The summed E-state index contributed by atoms with van der Waals surface area (Å²) in [7, 11) is 2.12. The summed E-state index contributed by atoms with van der Waals surface area (Å²) in [6.07, 6.45) is 3.75. The molecule has 0 unspecified atom stereocenters. The van der Waals surface area contributed by atoms with Crippen molar-refractivity contribution in [1.29, 1.82) is 0 Å². The van der Waals surface area contributed by atoms with Crippen molar-refractivity contribution < 1.29 is 0 Å². The van der Waals surface area contributed by atoms with Crippen molar-refractivity contribution in [2.24, 2.45) is 0 Å². The van der Waals surface area contributed by atoms with Crippen LogP contribution in [-0.4, -0.2) is 44.9 Å². The van der Waals surface area contributed by atoms with Crippen molar-refractivity contribution in [1.82, 2.24) is 30.0 Å². The van der Waals surface area contributed by atoms with Crippen LogP contribution in [0, 0.1) is 13.8 Å². The molecule has 0 fully saturated rings. The average molecular weight is 377 g/mol. The predicted octanol–water partition coefficient (Wildman–Crippen LogP) is 2.52. The summed E-state index contributed by atoms with van der Waals surface area (Å²) < 4.78 is 2.09. The molecule has 0 saturated carbocycles. The molecular weight excluding hydrogens is 350 g/mol. The molecule has 0 radical (unpaired) electrons. The van der Waals surface area contributed by atoms with Crippen LogP contribution in [0.4, 0.5) is 5.82 Å². The number of fused-ring (bicyclic) bond motifs is 1. The minimum atomic E-state index is 0.698. The summed E-state index contributed by atoms with van der Waals surface area (Å²) >= 11 is 0. The molecule has 3 aromatic rings. The first-order valence-electron chi connectivity index (χ1n) is 9.86. The number of aryl methyl sites for hydroxylation is 3. The number of rotatable bonds is 6. The maximum absolute atomic E-state index is 4.91. The SMILES string of the molecule is Cc1cc(C)n(CCCN(C)c2nc(-c3ccccn3)nc3c2CCNC3)n1. The van der Waals surface area contributed by atoms with Gasteiger partial charge >= 0.3 is 0 Å². The molecule has 0 aromatic carbocycles. The van der Waals surface area contributed by atoms with E-state index in [-0.39, 0.29) is 0 Å². The molecule has 146 valence electrons. The van der Waals surface area contributed by atoms with Crippen LogP contribution in [0.1, 0.15) is 29.1 Å². The fourth-order valence-corrected chi connectivity index (χ4v) is 3.73. The van der Waals surface area contributed by atoms with Crippen molar-refractivity contribution in [2.75, 3.05) is 25.0 Å². The van der Waals surface area contributed by atoms with E-state index >= 15 is 0 Å². The van der Waals surface area contributed by atoms with Crippen LogP contribution in [0.15, 0.2) is 30.5 Å². The lowest BCUT2D eigenvalue weighted by Gasteiger charge is -2.26. The third-order valence-electron chi connectivity index (χ3n) is 5.14. The third kappa shape index (κ3) is 3.89. The lowest BCUT2D eigenvalue weighted by molar-refractivity contribution is 0.559. The molecule has 0 aliphatic carbocycles. The first-order chi connectivity index (χ1) is 13.6. The van der Waals surface area contributed by atoms with Crippen molar-refractivity contribution in [3.63, 3.8) is 0 Å². The van der Waals surface area contributed by atoms with Crippen LogP contribution < -0.4 is 10.2 Å². The van der Waals surface area contributed by atoms with Gasteiger partial charge in [0, 0.05) is 44.1 Å². The monoisotopic (exact) mass is 377 g/mol. The maximum atomic E-state index is 4.91. The van der Waals surface area contributed by atoms with Gasteiger partial charge < -0.3 is 10.2 Å². The maximum Gasteiger partial charge on any atom is 0.180 e. The van der Waals surface area contributed by atoms with Crippen LogP contribution in [0.2, 0.25) is 0 Å². The molecule has 28 heavy (non-hydrogen) atoms. The van der Waals surface area contributed by atoms with Crippen molar-refractivity contribution in [3.05, 3.63) is 53.1 Å². The molecule has 3 aromatic heterocycles. The smallest absolute Gasteiger partial charge is 0.180 e. The number of anilines is 1. The molecule has 0 amide bonds. The Kier molecular flexibility index (Phi) is 5.34. The van der Waals surface area contributed by atoms with Gasteiger partial charge in [-0.15, -0.1) is 0 Å². The van der Waals surface area contributed by atoms with E-state index in [4.69, 9.17) is 9.97 Å². The van der Waals surface area contributed by atoms with Crippen LogP contribution in [0.25, 0.3) is 11.5 Å². The molecule has 1 aliphatic rings. The van der Waals surface area contributed by atoms with E-state index < -0.39 is 0 Å². The van der Waals surface area contributed by atoms with Crippen molar-refractivity contribution in [2.45, 2.75) is 39.8 Å². The molecule has 4 heterocycles. The van der Waals surface area contributed by atoms with Gasteiger partial charge in [0.05, 0.1) is 11.4 Å². The summed E-state index contributed by atoms with van der Waals surface area (Å²) in [5.41, 5.74) is 5.44. The summed E-state index contributed by atoms with van der Waals surface area (Å²) in [4.78, 5) is 16.4.